The van der Waals surface area contributed by atoms with Crippen LogP contribution in [0.5, 0.6) is 0 Å². The average Bonchev–Trinajstić information content (AvgIpc) is 2.36. The minimum atomic E-state index is -4.49. The number of nitrogens with two attached hydrogens (primary N) is 1. The number of rotatable bonds is 6. The van der Waals surface area contributed by atoms with E-state index >= 15 is 0 Å². The van der Waals surface area contributed by atoms with Gasteiger partial charge in [0.1, 0.15) is 16.5 Å². The van der Waals surface area contributed by atoms with E-state index in [4.69, 9.17) is 18.0 Å². The van der Waals surface area contributed by atoms with Crippen LogP contribution in [0.1, 0.15) is 44.4 Å². The van der Waals surface area contributed by atoms with Crippen LogP contribution in [0.15, 0.2) is 12.1 Å². The Bertz CT molecular complexity index is 474. The zero-order chi connectivity index (χ0) is 15.3. The van der Waals surface area contributed by atoms with Gasteiger partial charge in [-0.15, -0.1) is 0 Å². The molecule has 0 spiro atoms. The Morgan fingerprint density at radius 2 is 2.05 bits per heavy atom. The maximum atomic E-state index is 12.7. The Kier molecular flexibility index (Phi) is 5.74. The molecule has 0 aliphatic rings. The summed E-state index contributed by atoms with van der Waals surface area (Å²) in [5, 5.41) is 3.01. The van der Waals surface area contributed by atoms with Gasteiger partial charge in [0.05, 0.1) is 5.56 Å². The fraction of sp³-hybridized carbons (Fsp3) is 0.538. The van der Waals surface area contributed by atoms with Crippen molar-refractivity contribution in [2.75, 3.05) is 5.32 Å². The molecular formula is C13H18F3N3S. The van der Waals surface area contributed by atoms with E-state index in [9.17, 15) is 13.2 Å². The highest BCUT2D eigenvalue weighted by Gasteiger charge is 2.33. The first-order chi connectivity index (χ1) is 9.29. The normalized spacial score (nSPS) is 13.1. The number of alkyl halides is 3. The Balaban J connectivity index is 3.15. The smallest absolute Gasteiger partial charge is 0.389 e. The first-order valence-electron chi connectivity index (χ1n) is 6.44. The van der Waals surface area contributed by atoms with Crippen LogP contribution in [0.25, 0.3) is 0 Å². The summed E-state index contributed by atoms with van der Waals surface area (Å²) < 4.78 is 38.1. The van der Waals surface area contributed by atoms with Gasteiger partial charge >= 0.3 is 6.18 Å². The maximum Gasteiger partial charge on any atom is 0.433 e. The van der Waals surface area contributed by atoms with E-state index in [1.54, 1.807) is 0 Å². The molecule has 1 aromatic rings. The molecule has 1 aromatic heterocycles. The summed E-state index contributed by atoms with van der Waals surface area (Å²) in [6.45, 7) is 3.97. The van der Waals surface area contributed by atoms with Crippen molar-refractivity contribution in [3.8, 4) is 0 Å². The quantitative estimate of drug-likeness (QED) is 0.786. The molecule has 3 nitrogen and oxygen atoms in total. The van der Waals surface area contributed by atoms with E-state index in [0.29, 0.717) is 5.56 Å². The number of hydrogen-bond donors (Lipinski definition) is 2. The van der Waals surface area contributed by atoms with Crippen LogP contribution in [0.2, 0.25) is 0 Å². The third-order valence-electron chi connectivity index (χ3n) is 2.92. The van der Waals surface area contributed by atoms with Gasteiger partial charge in [-0.1, -0.05) is 32.5 Å². The molecule has 3 N–H and O–H groups in total. The topological polar surface area (TPSA) is 50.9 Å². The molecule has 0 saturated heterocycles. The summed E-state index contributed by atoms with van der Waals surface area (Å²) in [5.41, 5.74) is 4.92. The van der Waals surface area contributed by atoms with Crippen LogP contribution in [0, 0.1) is 0 Å². The van der Waals surface area contributed by atoms with Gasteiger partial charge in [0.15, 0.2) is 0 Å². The number of nitrogens with one attached hydrogen (secondary N) is 1. The molecule has 0 aromatic carbocycles. The summed E-state index contributed by atoms with van der Waals surface area (Å²) in [6.07, 6.45) is -1.95. The highest BCUT2D eigenvalue weighted by Crippen LogP contribution is 2.30. The van der Waals surface area contributed by atoms with E-state index in [1.165, 1.54) is 6.07 Å². The molecule has 0 saturated carbocycles. The molecule has 1 heterocycles. The second-order valence-corrected chi connectivity index (χ2v) is 4.93. The first kappa shape index (κ1) is 16.7. The fourth-order valence-corrected chi connectivity index (χ4v) is 2.01. The third kappa shape index (κ3) is 4.33. The predicted molar refractivity (Wildman–Crippen MR) is 77.7 cm³/mol. The number of thiocarbonyl (C=S) groups is 1. The summed E-state index contributed by atoms with van der Waals surface area (Å²) >= 11 is 4.86. The lowest BCUT2D eigenvalue weighted by Crippen LogP contribution is -2.23. The Morgan fingerprint density at radius 3 is 2.50 bits per heavy atom. The summed E-state index contributed by atoms with van der Waals surface area (Å²) in [5.74, 6) is 0.104. The highest BCUT2D eigenvalue weighted by molar-refractivity contribution is 7.80. The van der Waals surface area contributed by atoms with Gasteiger partial charge in [-0.05, 0) is 25.0 Å². The molecule has 20 heavy (non-hydrogen) atoms. The number of halogens is 3. The molecule has 0 aliphatic carbocycles. The number of aromatic nitrogens is 1. The SMILES string of the molecule is CCCC(CC)Nc1nc(C(F)(F)F)ccc1C(N)=S. The molecule has 7 heteroatoms. The van der Waals surface area contributed by atoms with Gasteiger partial charge in [0.2, 0.25) is 0 Å². The zero-order valence-electron chi connectivity index (χ0n) is 11.4. The third-order valence-corrected chi connectivity index (χ3v) is 3.14. The minimum absolute atomic E-state index is 0.0278. The van der Waals surface area contributed by atoms with Gasteiger partial charge < -0.3 is 11.1 Å². The van der Waals surface area contributed by atoms with Crippen molar-refractivity contribution < 1.29 is 13.2 Å². The van der Waals surface area contributed by atoms with Crippen molar-refractivity contribution in [1.29, 1.82) is 0 Å². The van der Waals surface area contributed by atoms with Crippen LogP contribution in [0.3, 0.4) is 0 Å². The molecule has 0 radical (unpaired) electrons. The molecule has 1 rings (SSSR count). The van der Waals surface area contributed by atoms with Crippen molar-refractivity contribution in [1.82, 2.24) is 4.98 Å². The lowest BCUT2D eigenvalue weighted by molar-refractivity contribution is -0.141. The fourth-order valence-electron chi connectivity index (χ4n) is 1.85. The van der Waals surface area contributed by atoms with Crippen LogP contribution in [-0.4, -0.2) is 16.0 Å². The maximum absolute atomic E-state index is 12.7. The summed E-state index contributed by atoms with van der Waals surface area (Å²) in [4.78, 5) is 3.66. The largest absolute Gasteiger partial charge is 0.433 e. The Hall–Kier alpha value is -1.37. The van der Waals surface area contributed by atoms with Crippen molar-refractivity contribution in [2.24, 2.45) is 5.73 Å². The van der Waals surface area contributed by atoms with Crippen molar-refractivity contribution in [3.63, 3.8) is 0 Å². The van der Waals surface area contributed by atoms with Gasteiger partial charge in [0, 0.05) is 6.04 Å². The number of pyridine rings is 1. The monoisotopic (exact) mass is 305 g/mol. The van der Waals surface area contributed by atoms with Crippen LogP contribution >= 0.6 is 12.2 Å². The van der Waals surface area contributed by atoms with E-state index in [1.807, 2.05) is 13.8 Å². The van der Waals surface area contributed by atoms with Crippen molar-refractivity contribution >= 4 is 23.0 Å². The minimum Gasteiger partial charge on any atom is -0.389 e. The van der Waals surface area contributed by atoms with E-state index in [2.05, 4.69) is 10.3 Å². The summed E-state index contributed by atoms with van der Waals surface area (Å²) in [6, 6.07) is 2.20. The highest BCUT2D eigenvalue weighted by atomic mass is 32.1. The second kappa shape index (κ2) is 6.88. The Labute approximate surface area is 121 Å². The molecule has 112 valence electrons. The average molecular weight is 305 g/mol. The molecule has 0 bridgehead atoms. The van der Waals surface area contributed by atoms with E-state index in [-0.39, 0.29) is 16.8 Å². The summed E-state index contributed by atoms with van der Waals surface area (Å²) in [7, 11) is 0. The molecule has 1 unspecified atom stereocenters. The van der Waals surface area contributed by atoms with Gasteiger partial charge in [-0.25, -0.2) is 4.98 Å². The van der Waals surface area contributed by atoms with Crippen LogP contribution in [0.4, 0.5) is 19.0 Å². The molecule has 0 fully saturated rings. The second-order valence-electron chi connectivity index (χ2n) is 4.49. The van der Waals surface area contributed by atoms with Crippen molar-refractivity contribution in [3.05, 3.63) is 23.4 Å². The number of hydrogen-bond acceptors (Lipinski definition) is 3. The molecule has 0 aliphatic heterocycles. The molecule has 0 amide bonds. The van der Waals surface area contributed by atoms with E-state index < -0.39 is 11.9 Å². The Morgan fingerprint density at radius 1 is 1.40 bits per heavy atom. The van der Waals surface area contributed by atoms with E-state index in [0.717, 1.165) is 25.3 Å². The standard InChI is InChI=1S/C13H18F3N3S/c1-3-5-8(4-2)18-12-9(11(17)20)6-7-10(19-12)13(14,15)16/h6-8H,3-5H2,1-2H3,(H2,17,20)(H,18,19). The molecule has 1 atom stereocenters. The predicted octanol–water partition coefficient (Wildman–Crippen LogP) is 3.73. The van der Waals surface area contributed by atoms with Crippen LogP contribution < -0.4 is 11.1 Å². The number of anilines is 1. The molecular weight excluding hydrogens is 287 g/mol. The van der Waals surface area contributed by atoms with Gasteiger partial charge in [-0.2, -0.15) is 13.2 Å². The zero-order valence-corrected chi connectivity index (χ0v) is 12.2. The van der Waals surface area contributed by atoms with Crippen LogP contribution in [-0.2, 0) is 6.18 Å². The first-order valence-corrected chi connectivity index (χ1v) is 6.85. The lowest BCUT2D eigenvalue weighted by Gasteiger charge is -2.20. The lowest BCUT2D eigenvalue weighted by atomic mass is 10.1. The van der Waals surface area contributed by atoms with Gasteiger partial charge in [-0.3, -0.25) is 0 Å². The van der Waals surface area contributed by atoms with Gasteiger partial charge in [0.25, 0.3) is 0 Å². The van der Waals surface area contributed by atoms with Crippen molar-refractivity contribution in [2.45, 2.75) is 45.3 Å². The number of nitrogens with zero attached hydrogens (tertiary/aromatic N) is 1.